The Hall–Kier alpha value is -2.33. The fourth-order valence-electron chi connectivity index (χ4n) is 3.52. The number of anilines is 1. The van der Waals surface area contributed by atoms with E-state index in [-0.39, 0.29) is 12.0 Å². The van der Waals surface area contributed by atoms with Gasteiger partial charge in [0.25, 0.3) is 0 Å². The summed E-state index contributed by atoms with van der Waals surface area (Å²) in [6, 6.07) is 16.2. The Labute approximate surface area is 155 Å². The average molecular weight is 352 g/mol. The molecule has 0 aromatic heterocycles. The van der Waals surface area contributed by atoms with Crippen LogP contribution in [0.5, 0.6) is 0 Å². The van der Waals surface area contributed by atoms with Crippen LogP contribution in [0.1, 0.15) is 42.1 Å². The quantitative estimate of drug-likeness (QED) is 0.777. The van der Waals surface area contributed by atoms with Crippen LogP contribution in [-0.2, 0) is 16.0 Å². The molecule has 4 heteroatoms. The fraction of sp³-hybridized carbons (Fsp3) is 0.409. The van der Waals surface area contributed by atoms with Crippen molar-refractivity contribution < 1.29 is 9.53 Å². The summed E-state index contributed by atoms with van der Waals surface area (Å²) in [5, 5.41) is 3.09. The monoisotopic (exact) mass is 352 g/mol. The van der Waals surface area contributed by atoms with Crippen LogP contribution in [0.4, 0.5) is 5.69 Å². The highest BCUT2D eigenvalue weighted by atomic mass is 16.5. The van der Waals surface area contributed by atoms with Crippen LogP contribution < -0.4 is 11.1 Å². The number of hydrogen-bond acceptors (Lipinski definition) is 3. The topological polar surface area (TPSA) is 64.3 Å². The predicted octanol–water partition coefficient (Wildman–Crippen LogP) is 3.79. The van der Waals surface area contributed by atoms with Gasteiger partial charge in [0, 0.05) is 31.2 Å². The summed E-state index contributed by atoms with van der Waals surface area (Å²) in [6.07, 6.45) is 3.31. The summed E-state index contributed by atoms with van der Waals surface area (Å²) in [5.41, 5.74) is 10.2. The molecule has 1 fully saturated rings. The molecule has 3 rings (SSSR count). The highest BCUT2D eigenvalue weighted by molar-refractivity contribution is 5.76. The van der Waals surface area contributed by atoms with Gasteiger partial charge in [0.05, 0.1) is 6.10 Å². The first-order chi connectivity index (χ1) is 12.6. The molecule has 1 aliphatic rings. The molecule has 1 heterocycles. The van der Waals surface area contributed by atoms with Crippen molar-refractivity contribution in [2.45, 2.75) is 38.7 Å². The third-order valence-electron chi connectivity index (χ3n) is 5.09. The summed E-state index contributed by atoms with van der Waals surface area (Å²) in [7, 11) is 0. The number of amides is 1. The van der Waals surface area contributed by atoms with Crippen molar-refractivity contribution in [1.82, 2.24) is 5.32 Å². The second-order valence-electron chi connectivity index (χ2n) is 7.11. The largest absolute Gasteiger partial charge is 0.399 e. The molecule has 0 saturated carbocycles. The molecule has 4 nitrogen and oxygen atoms in total. The van der Waals surface area contributed by atoms with E-state index >= 15 is 0 Å². The van der Waals surface area contributed by atoms with Crippen LogP contribution >= 0.6 is 0 Å². The lowest BCUT2D eigenvalue weighted by atomic mass is 9.89. The van der Waals surface area contributed by atoms with E-state index < -0.39 is 0 Å². The van der Waals surface area contributed by atoms with Crippen molar-refractivity contribution in [2.24, 2.45) is 5.92 Å². The first-order valence-corrected chi connectivity index (χ1v) is 9.42. The maximum absolute atomic E-state index is 12.3. The standard InChI is InChI=1S/C22H28N2O2/c1-16-8-10-18(11-9-16)22-19(6-4-14-26-22)15-24-21(25)13-12-17-5-2-3-7-20(17)23/h2-3,5,7-11,19,22H,4,6,12-15,23H2,1H3,(H,24,25). The lowest BCUT2D eigenvalue weighted by molar-refractivity contribution is -0.121. The minimum absolute atomic E-state index is 0.0643. The van der Waals surface area contributed by atoms with Crippen LogP contribution in [0.2, 0.25) is 0 Å². The van der Waals surface area contributed by atoms with E-state index in [1.54, 1.807) is 0 Å². The minimum atomic E-state index is 0.0643. The highest BCUT2D eigenvalue weighted by Crippen LogP contribution is 2.33. The van der Waals surface area contributed by atoms with Gasteiger partial charge in [-0.05, 0) is 43.4 Å². The summed E-state index contributed by atoms with van der Waals surface area (Å²) in [5.74, 6) is 0.388. The number of carbonyl (C=O) groups is 1. The number of benzene rings is 2. The number of rotatable bonds is 6. The first kappa shape index (κ1) is 18.5. The second kappa shape index (κ2) is 8.86. The van der Waals surface area contributed by atoms with E-state index in [2.05, 4.69) is 36.5 Å². The van der Waals surface area contributed by atoms with Gasteiger partial charge in [-0.3, -0.25) is 4.79 Å². The van der Waals surface area contributed by atoms with Gasteiger partial charge >= 0.3 is 0 Å². The van der Waals surface area contributed by atoms with E-state index in [1.165, 1.54) is 11.1 Å². The van der Waals surface area contributed by atoms with Crippen molar-refractivity contribution in [3.63, 3.8) is 0 Å². The summed E-state index contributed by atoms with van der Waals surface area (Å²) < 4.78 is 6.03. The molecule has 138 valence electrons. The Bertz CT molecular complexity index is 727. The molecule has 2 atom stereocenters. The average Bonchev–Trinajstić information content (AvgIpc) is 2.67. The van der Waals surface area contributed by atoms with Gasteiger partial charge in [-0.1, -0.05) is 48.0 Å². The molecule has 1 amide bonds. The Morgan fingerprint density at radius 3 is 2.73 bits per heavy atom. The van der Waals surface area contributed by atoms with Crippen LogP contribution in [0.25, 0.3) is 0 Å². The van der Waals surface area contributed by atoms with Gasteiger partial charge < -0.3 is 15.8 Å². The molecule has 0 aliphatic carbocycles. The molecular formula is C22H28N2O2. The highest BCUT2D eigenvalue weighted by Gasteiger charge is 2.27. The molecule has 0 radical (unpaired) electrons. The van der Waals surface area contributed by atoms with E-state index in [1.807, 2.05) is 24.3 Å². The Kier molecular flexibility index (Phi) is 6.29. The Balaban J connectivity index is 1.52. The van der Waals surface area contributed by atoms with E-state index in [9.17, 15) is 4.79 Å². The van der Waals surface area contributed by atoms with Gasteiger partial charge in [-0.25, -0.2) is 0 Å². The number of ether oxygens (including phenoxy) is 1. The van der Waals surface area contributed by atoms with Crippen molar-refractivity contribution in [1.29, 1.82) is 0 Å². The molecule has 0 bridgehead atoms. The summed E-state index contributed by atoms with van der Waals surface area (Å²) in [6.45, 7) is 3.53. The second-order valence-corrected chi connectivity index (χ2v) is 7.11. The zero-order chi connectivity index (χ0) is 18.4. The third kappa shape index (κ3) is 4.85. The number of hydrogen-bond donors (Lipinski definition) is 2. The minimum Gasteiger partial charge on any atom is -0.399 e. The first-order valence-electron chi connectivity index (χ1n) is 9.42. The number of carbonyl (C=O) groups excluding carboxylic acids is 1. The van der Waals surface area contributed by atoms with Gasteiger partial charge in [0.2, 0.25) is 5.91 Å². The molecule has 2 unspecified atom stereocenters. The van der Waals surface area contributed by atoms with Crippen LogP contribution in [0.3, 0.4) is 0 Å². The molecule has 26 heavy (non-hydrogen) atoms. The van der Waals surface area contributed by atoms with Crippen LogP contribution in [0.15, 0.2) is 48.5 Å². The number of nitrogen functional groups attached to an aromatic ring is 1. The van der Waals surface area contributed by atoms with Crippen LogP contribution in [-0.4, -0.2) is 19.1 Å². The number of nitrogens with two attached hydrogens (primary N) is 1. The third-order valence-corrected chi connectivity index (χ3v) is 5.09. The maximum atomic E-state index is 12.3. The SMILES string of the molecule is Cc1ccc(C2OCCCC2CNC(=O)CCc2ccccc2N)cc1. The molecule has 3 N–H and O–H groups in total. The molecule has 1 saturated heterocycles. The summed E-state index contributed by atoms with van der Waals surface area (Å²) in [4.78, 5) is 12.3. The molecule has 2 aromatic carbocycles. The molecule has 1 aliphatic heterocycles. The van der Waals surface area contributed by atoms with Crippen molar-refractivity contribution in [2.75, 3.05) is 18.9 Å². The lowest BCUT2D eigenvalue weighted by Crippen LogP contribution is -2.35. The number of aryl methyl sites for hydroxylation is 2. The summed E-state index contributed by atoms with van der Waals surface area (Å²) >= 11 is 0. The maximum Gasteiger partial charge on any atom is 0.220 e. The normalized spacial score (nSPS) is 19.9. The molecule has 2 aromatic rings. The van der Waals surface area contributed by atoms with Crippen molar-refractivity contribution in [3.05, 3.63) is 65.2 Å². The van der Waals surface area contributed by atoms with E-state index in [4.69, 9.17) is 10.5 Å². The van der Waals surface area contributed by atoms with Crippen molar-refractivity contribution in [3.8, 4) is 0 Å². The smallest absolute Gasteiger partial charge is 0.220 e. The lowest BCUT2D eigenvalue weighted by Gasteiger charge is -2.32. The van der Waals surface area contributed by atoms with Crippen LogP contribution in [0, 0.1) is 12.8 Å². The number of para-hydroxylation sites is 1. The number of nitrogens with one attached hydrogen (secondary N) is 1. The van der Waals surface area contributed by atoms with Gasteiger partial charge in [0.15, 0.2) is 0 Å². The van der Waals surface area contributed by atoms with E-state index in [0.717, 1.165) is 30.7 Å². The molecule has 0 spiro atoms. The van der Waals surface area contributed by atoms with Gasteiger partial charge in [-0.2, -0.15) is 0 Å². The molecular weight excluding hydrogens is 324 g/mol. The predicted molar refractivity (Wildman–Crippen MR) is 105 cm³/mol. The van der Waals surface area contributed by atoms with Gasteiger partial charge in [0.1, 0.15) is 0 Å². The van der Waals surface area contributed by atoms with Gasteiger partial charge in [-0.15, -0.1) is 0 Å². The fourth-order valence-corrected chi connectivity index (χ4v) is 3.52. The Morgan fingerprint density at radius 1 is 1.19 bits per heavy atom. The zero-order valence-corrected chi connectivity index (χ0v) is 15.4. The zero-order valence-electron chi connectivity index (χ0n) is 15.4. The van der Waals surface area contributed by atoms with E-state index in [0.29, 0.717) is 25.3 Å². The van der Waals surface area contributed by atoms with Crippen molar-refractivity contribution >= 4 is 11.6 Å². The Morgan fingerprint density at radius 2 is 1.96 bits per heavy atom.